The summed E-state index contributed by atoms with van der Waals surface area (Å²) in [7, 11) is 0. The van der Waals surface area contributed by atoms with Crippen LogP contribution in [0.15, 0.2) is 60.9 Å². The van der Waals surface area contributed by atoms with Crippen molar-refractivity contribution in [2.24, 2.45) is 0 Å². The van der Waals surface area contributed by atoms with Crippen molar-refractivity contribution >= 4 is 29.2 Å². The first kappa shape index (κ1) is 21.6. The summed E-state index contributed by atoms with van der Waals surface area (Å²) in [6, 6.07) is 14.7. The van der Waals surface area contributed by atoms with Gasteiger partial charge in [-0.25, -0.2) is 20.7 Å². The minimum atomic E-state index is -0.288. The lowest BCUT2D eigenvalue weighted by atomic mass is 10.00. The number of hydrazine groups is 2. The molecule has 2 aromatic carbocycles. The minimum Gasteiger partial charge on any atom is -0.494 e. The molecule has 3 amide bonds. The fourth-order valence-corrected chi connectivity index (χ4v) is 4.52. The van der Waals surface area contributed by atoms with E-state index in [0.717, 1.165) is 17.7 Å². The number of halogens is 1. The average Bonchev–Trinajstić information content (AvgIpc) is 3.37. The van der Waals surface area contributed by atoms with E-state index in [1.807, 2.05) is 42.4 Å². The molecule has 3 N–H and O–H groups in total. The Balaban J connectivity index is 1.21. The summed E-state index contributed by atoms with van der Waals surface area (Å²) in [6.07, 6.45) is 4.11. The van der Waals surface area contributed by atoms with Crippen molar-refractivity contribution in [1.82, 2.24) is 25.8 Å². The predicted octanol–water partition coefficient (Wildman–Crippen LogP) is 3.05. The van der Waals surface area contributed by atoms with Crippen LogP contribution in [0.2, 0.25) is 5.02 Å². The minimum absolute atomic E-state index is 0.0128. The Hall–Kier alpha value is -3.27. The molecule has 0 bridgehead atoms. The van der Waals surface area contributed by atoms with E-state index in [4.69, 9.17) is 16.3 Å². The summed E-state index contributed by atoms with van der Waals surface area (Å²) in [4.78, 5) is 27.1. The van der Waals surface area contributed by atoms with Crippen LogP contribution in [0.1, 0.15) is 24.9 Å². The zero-order valence-corrected chi connectivity index (χ0v) is 18.8. The van der Waals surface area contributed by atoms with Crippen LogP contribution in [-0.2, 0) is 4.79 Å². The molecule has 3 atom stereocenters. The number of urea groups is 1. The SMILES string of the molecule is CCOc1ccc(NC(=O)CN2NC3C4CC(c5ccc(Cl)cc5)NN4C=CN3C2=O)cc1. The zero-order chi connectivity index (χ0) is 22.9. The molecule has 0 saturated carbocycles. The molecule has 33 heavy (non-hydrogen) atoms. The number of benzene rings is 2. The number of hydrogen-bond acceptors (Lipinski definition) is 6. The number of ether oxygens (including phenoxy) is 1. The Bertz CT molecular complexity index is 1060. The number of nitrogens with zero attached hydrogens (tertiary/aromatic N) is 3. The van der Waals surface area contributed by atoms with Crippen molar-refractivity contribution in [2.75, 3.05) is 18.5 Å². The van der Waals surface area contributed by atoms with Gasteiger partial charge in [-0.3, -0.25) is 9.69 Å². The number of carbonyl (C=O) groups excluding carboxylic acids is 2. The van der Waals surface area contributed by atoms with E-state index in [9.17, 15) is 9.59 Å². The second kappa shape index (κ2) is 8.93. The van der Waals surface area contributed by atoms with Crippen molar-refractivity contribution in [1.29, 1.82) is 0 Å². The summed E-state index contributed by atoms with van der Waals surface area (Å²) in [5.74, 6) is 0.450. The first-order chi connectivity index (χ1) is 16.0. The first-order valence-electron chi connectivity index (χ1n) is 10.9. The van der Waals surface area contributed by atoms with Crippen molar-refractivity contribution < 1.29 is 14.3 Å². The van der Waals surface area contributed by atoms with E-state index in [1.165, 1.54) is 5.01 Å². The van der Waals surface area contributed by atoms with E-state index in [0.29, 0.717) is 17.3 Å². The van der Waals surface area contributed by atoms with Gasteiger partial charge in [0.1, 0.15) is 18.5 Å². The van der Waals surface area contributed by atoms with Crippen LogP contribution in [0, 0.1) is 0 Å². The number of amides is 3. The Labute approximate surface area is 196 Å². The van der Waals surface area contributed by atoms with Gasteiger partial charge in [0.05, 0.1) is 18.7 Å². The van der Waals surface area contributed by atoms with Crippen molar-refractivity contribution in [2.45, 2.75) is 31.6 Å². The normalized spacial score (nSPS) is 23.5. The van der Waals surface area contributed by atoms with Gasteiger partial charge >= 0.3 is 6.03 Å². The highest BCUT2D eigenvalue weighted by atomic mass is 35.5. The van der Waals surface area contributed by atoms with Crippen molar-refractivity contribution in [3.8, 4) is 5.75 Å². The first-order valence-corrected chi connectivity index (χ1v) is 11.3. The maximum absolute atomic E-state index is 12.9. The molecule has 2 aromatic rings. The largest absolute Gasteiger partial charge is 0.494 e. The van der Waals surface area contributed by atoms with Crippen LogP contribution in [-0.4, -0.2) is 52.2 Å². The van der Waals surface area contributed by atoms with Gasteiger partial charge in [-0.15, -0.1) is 0 Å². The highest BCUT2D eigenvalue weighted by Gasteiger charge is 2.48. The standard InChI is InChI=1S/C23H25ClN6O3/c1-2-33-18-9-7-17(8-10-18)25-21(31)14-30-23(32)28-11-12-29-20(22(28)27-30)13-19(26-29)15-3-5-16(24)6-4-15/h3-12,19-20,22,26-27H,2,13-14H2,1H3,(H,25,31). The number of rotatable bonds is 6. The Morgan fingerprint density at radius 2 is 1.88 bits per heavy atom. The molecule has 0 radical (unpaired) electrons. The zero-order valence-electron chi connectivity index (χ0n) is 18.1. The van der Waals surface area contributed by atoms with Gasteiger partial charge in [-0.1, -0.05) is 23.7 Å². The van der Waals surface area contributed by atoms with Crippen molar-refractivity contribution in [3.63, 3.8) is 0 Å². The fourth-order valence-electron chi connectivity index (χ4n) is 4.39. The molecule has 3 heterocycles. The van der Waals surface area contributed by atoms with Gasteiger partial charge in [0.15, 0.2) is 0 Å². The maximum atomic E-state index is 12.9. The van der Waals surface area contributed by atoms with E-state index in [-0.39, 0.29) is 36.7 Å². The number of carbonyl (C=O) groups is 2. The van der Waals surface area contributed by atoms with Gasteiger partial charge < -0.3 is 15.1 Å². The highest BCUT2D eigenvalue weighted by molar-refractivity contribution is 6.30. The van der Waals surface area contributed by atoms with E-state index >= 15 is 0 Å². The topological polar surface area (TPSA) is 89.2 Å². The third-order valence-corrected chi connectivity index (χ3v) is 6.21. The van der Waals surface area contributed by atoms with Crippen LogP contribution in [0.3, 0.4) is 0 Å². The molecule has 2 saturated heterocycles. The number of anilines is 1. The summed E-state index contributed by atoms with van der Waals surface area (Å²) >= 11 is 6.02. The monoisotopic (exact) mass is 468 g/mol. The molecule has 5 rings (SSSR count). The summed E-state index contributed by atoms with van der Waals surface area (Å²) in [6.45, 7) is 2.39. The molecule has 172 valence electrons. The fraction of sp³-hybridized carbons (Fsp3) is 0.304. The average molecular weight is 469 g/mol. The molecule has 3 unspecified atom stereocenters. The Kier molecular flexibility index (Phi) is 5.84. The maximum Gasteiger partial charge on any atom is 0.340 e. The van der Waals surface area contributed by atoms with Crippen LogP contribution >= 0.6 is 11.6 Å². The predicted molar refractivity (Wildman–Crippen MR) is 124 cm³/mol. The highest BCUT2D eigenvalue weighted by Crippen LogP contribution is 2.34. The smallest absolute Gasteiger partial charge is 0.340 e. The molecule has 3 aliphatic heterocycles. The quantitative estimate of drug-likeness (QED) is 0.604. The van der Waals surface area contributed by atoms with E-state index in [1.54, 1.807) is 35.4 Å². The second-order valence-corrected chi connectivity index (χ2v) is 8.53. The van der Waals surface area contributed by atoms with Crippen LogP contribution in [0.25, 0.3) is 0 Å². The number of hydrogen-bond donors (Lipinski definition) is 3. The third-order valence-electron chi connectivity index (χ3n) is 5.95. The van der Waals surface area contributed by atoms with E-state index in [2.05, 4.69) is 16.2 Å². The molecule has 10 heteroatoms. The van der Waals surface area contributed by atoms with Gasteiger partial charge in [-0.05, 0) is 55.3 Å². The molecule has 9 nitrogen and oxygen atoms in total. The summed E-state index contributed by atoms with van der Waals surface area (Å²) in [5.41, 5.74) is 8.46. The molecular weight excluding hydrogens is 444 g/mol. The molecule has 0 aromatic heterocycles. The molecule has 3 aliphatic rings. The van der Waals surface area contributed by atoms with E-state index < -0.39 is 0 Å². The Morgan fingerprint density at radius 3 is 2.61 bits per heavy atom. The number of nitrogens with one attached hydrogen (secondary N) is 3. The summed E-state index contributed by atoms with van der Waals surface area (Å²) < 4.78 is 5.41. The number of fused-ring (bicyclic) bond motifs is 3. The van der Waals surface area contributed by atoms with Gasteiger partial charge in [0.2, 0.25) is 5.91 Å². The lowest BCUT2D eigenvalue weighted by molar-refractivity contribution is -0.117. The van der Waals surface area contributed by atoms with Crippen LogP contribution < -0.4 is 20.9 Å². The molecule has 0 aliphatic carbocycles. The molecular formula is C23H25ClN6O3. The lowest BCUT2D eigenvalue weighted by Gasteiger charge is -2.34. The van der Waals surface area contributed by atoms with Gasteiger partial charge in [-0.2, -0.15) is 0 Å². The summed E-state index contributed by atoms with van der Waals surface area (Å²) in [5, 5.41) is 6.90. The molecule has 2 fully saturated rings. The second-order valence-electron chi connectivity index (χ2n) is 8.10. The van der Waals surface area contributed by atoms with Crippen LogP contribution in [0.5, 0.6) is 5.75 Å². The van der Waals surface area contributed by atoms with Gasteiger partial charge in [0.25, 0.3) is 0 Å². The van der Waals surface area contributed by atoms with Gasteiger partial charge in [0, 0.05) is 23.1 Å². The Morgan fingerprint density at radius 1 is 1.12 bits per heavy atom. The third kappa shape index (κ3) is 4.35. The van der Waals surface area contributed by atoms with Crippen molar-refractivity contribution in [3.05, 3.63) is 71.5 Å². The van der Waals surface area contributed by atoms with Crippen LogP contribution in [0.4, 0.5) is 10.5 Å². The molecule has 0 spiro atoms. The lowest BCUT2D eigenvalue weighted by Crippen LogP contribution is -2.54.